The van der Waals surface area contributed by atoms with Crippen LogP contribution in [0.1, 0.15) is 17.2 Å². The van der Waals surface area contributed by atoms with E-state index in [1.165, 1.54) is 13.2 Å². The molecule has 2 aromatic carbocycles. The van der Waals surface area contributed by atoms with E-state index in [-0.39, 0.29) is 17.6 Å². The van der Waals surface area contributed by atoms with Gasteiger partial charge in [0.1, 0.15) is 0 Å². The fourth-order valence-corrected chi connectivity index (χ4v) is 2.72. The minimum atomic E-state index is -0.387. The molecule has 2 N–H and O–H groups in total. The summed E-state index contributed by atoms with van der Waals surface area (Å²) in [5, 5.41) is 0.625. The maximum atomic E-state index is 13.7. The molecule has 0 amide bonds. The quantitative estimate of drug-likeness (QED) is 0.874. The molecule has 0 aliphatic heterocycles. The average molecular weight is 359 g/mol. The molecular formula is C15H14BrClFNO. The number of methoxy groups -OCH3 is 1. The molecule has 0 aliphatic carbocycles. The number of halogens is 3. The number of hydrogen-bond donors (Lipinski definition) is 1. The summed E-state index contributed by atoms with van der Waals surface area (Å²) in [4.78, 5) is 0. The third kappa shape index (κ3) is 3.51. The molecule has 0 heterocycles. The number of hydrogen-bond acceptors (Lipinski definition) is 2. The van der Waals surface area contributed by atoms with Gasteiger partial charge in [0.25, 0.3) is 0 Å². The summed E-state index contributed by atoms with van der Waals surface area (Å²) in [5.41, 5.74) is 7.88. The normalized spacial score (nSPS) is 12.2. The SMILES string of the molecule is COc1ccc(CC(N)c2cc(Cl)ccc2Br)cc1F. The van der Waals surface area contributed by atoms with Crippen molar-refractivity contribution in [2.24, 2.45) is 5.73 Å². The van der Waals surface area contributed by atoms with E-state index in [0.717, 1.165) is 15.6 Å². The van der Waals surface area contributed by atoms with Gasteiger partial charge in [-0.15, -0.1) is 0 Å². The molecule has 1 atom stereocenters. The summed E-state index contributed by atoms with van der Waals surface area (Å²) in [6, 6.07) is 10.0. The summed E-state index contributed by atoms with van der Waals surface area (Å²) in [7, 11) is 1.44. The number of nitrogens with two attached hydrogens (primary N) is 1. The third-order valence-corrected chi connectivity index (χ3v) is 3.99. The molecule has 0 saturated heterocycles. The lowest BCUT2D eigenvalue weighted by atomic mass is 9.99. The first-order valence-corrected chi connectivity index (χ1v) is 7.21. The van der Waals surface area contributed by atoms with Crippen LogP contribution in [0.2, 0.25) is 5.02 Å². The first-order chi connectivity index (χ1) is 9.51. The second-order valence-electron chi connectivity index (χ2n) is 4.45. The molecule has 0 bridgehead atoms. The average Bonchev–Trinajstić information content (AvgIpc) is 2.41. The molecule has 0 aliphatic rings. The van der Waals surface area contributed by atoms with Gasteiger partial charge >= 0.3 is 0 Å². The van der Waals surface area contributed by atoms with Crippen LogP contribution in [0.25, 0.3) is 0 Å². The van der Waals surface area contributed by atoms with Crippen molar-refractivity contribution in [2.45, 2.75) is 12.5 Å². The highest BCUT2D eigenvalue weighted by Gasteiger charge is 2.13. The van der Waals surface area contributed by atoms with Crippen molar-refractivity contribution in [1.29, 1.82) is 0 Å². The van der Waals surface area contributed by atoms with E-state index < -0.39 is 0 Å². The van der Waals surface area contributed by atoms with E-state index >= 15 is 0 Å². The zero-order valence-corrected chi connectivity index (χ0v) is 13.2. The Bertz CT molecular complexity index is 621. The van der Waals surface area contributed by atoms with Crippen LogP contribution in [0.3, 0.4) is 0 Å². The van der Waals surface area contributed by atoms with E-state index in [1.807, 2.05) is 12.1 Å². The van der Waals surface area contributed by atoms with Gasteiger partial charge in [0.15, 0.2) is 11.6 Å². The van der Waals surface area contributed by atoms with Crippen molar-refractivity contribution in [2.75, 3.05) is 7.11 Å². The lowest BCUT2D eigenvalue weighted by molar-refractivity contribution is 0.386. The highest BCUT2D eigenvalue weighted by Crippen LogP contribution is 2.28. The molecule has 1 unspecified atom stereocenters. The van der Waals surface area contributed by atoms with E-state index in [0.29, 0.717) is 11.4 Å². The Labute approximate surface area is 130 Å². The van der Waals surface area contributed by atoms with Gasteiger partial charge in [-0.3, -0.25) is 0 Å². The Kier molecular flexibility index (Phi) is 5.02. The van der Waals surface area contributed by atoms with Crippen LogP contribution >= 0.6 is 27.5 Å². The van der Waals surface area contributed by atoms with Crippen molar-refractivity contribution in [3.63, 3.8) is 0 Å². The second-order valence-corrected chi connectivity index (χ2v) is 5.74. The third-order valence-electron chi connectivity index (χ3n) is 3.03. The van der Waals surface area contributed by atoms with Gasteiger partial charge in [-0.25, -0.2) is 4.39 Å². The van der Waals surface area contributed by atoms with Crippen LogP contribution in [-0.4, -0.2) is 7.11 Å². The molecule has 2 aromatic rings. The van der Waals surface area contributed by atoms with Gasteiger partial charge in [-0.1, -0.05) is 33.6 Å². The highest BCUT2D eigenvalue weighted by atomic mass is 79.9. The Balaban J connectivity index is 2.21. The summed E-state index contributed by atoms with van der Waals surface area (Å²) < 4.78 is 19.4. The summed E-state index contributed by atoms with van der Waals surface area (Å²) in [5.74, 6) is -0.159. The predicted octanol–water partition coefficient (Wildman–Crippen LogP) is 4.49. The maximum Gasteiger partial charge on any atom is 0.165 e. The van der Waals surface area contributed by atoms with E-state index in [9.17, 15) is 4.39 Å². The minimum absolute atomic E-state index is 0.228. The molecule has 2 rings (SSSR count). The summed E-state index contributed by atoms with van der Waals surface area (Å²) in [6.45, 7) is 0. The number of rotatable bonds is 4. The van der Waals surface area contributed by atoms with Crippen molar-refractivity contribution in [3.05, 3.63) is 62.8 Å². The maximum absolute atomic E-state index is 13.7. The molecule has 20 heavy (non-hydrogen) atoms. The van der Waals surface area contributed by atoms with Gasteiger partial charge in [0.05, 0.1) is 7.11 Å². The van der Waals surface area contributed by atoms with Gasteiger partial charge in [-0.2, -0.15) is 0 Å². The van der Waals surface area contributed by atoms with Gasteiger partial charge in [0, 0.05) is 15.5 Å². The monoisotopic (exact) mass is 357 g/mol. The Hall–Kier alpha value is -1.10. The van der Waals surface area contributed by atoms with E-state index in [2.05, 4.69) is 15.9 Å². The molecule has 5 heteroatoms. The smallest absolute Gasteiger partial charge is 0.165 e. The zero-order chi connectivity index (χ0) is 14.7. The van der Waals surface area contributed by atoms with Crippen LogP contribution in [0.15, 0.2) is 40.9 Å². The van der Waals surface area contributed by atoms with Crippen LogP contribution in [0, 0.1) is 5.82 Å². The summed E-state index contributed by atoms with van der Waals surface area (Å²) >= 11 is 9.42. The Morgan fingerprint density at radius 3 is 2.70 bits per heavy atom. The van der Waals surface area contributed by atoms with Crippen molar-refractivity contribution >= 4 is 27.5 Å². The summed E-state index contributed by atoms with van der Waals surface area (Å²) in [6.07, 6.45) is 0.514. The van der Waals surface area contributed by atoms with Crippen molar-refractivity contribution in [3.8, 4) is 5.75 Å². The van der Waals surface area contributed by atoms with E-state index in [1.54, 1.807) is 18.2 Å². The molecule has 0 radical (unpaired) electrons. The molecule has 0 saturated carbocycles. The first-order valence-electron chi connectivity index (χ1n) is 6.04. The predicted molar refractivity (Wildman–Crippen MR) is 82.7 cm³/mol. The molecule has 0 fully saturated rings. The van der Waals surface area contributed by atoms with Crippen LogP contribution in [0.4, 0.5) is 4.39 Å². The van der Waals surface area contributed by atoms with Gasteiger partial charge < -0.3 is 10.5 Å². The highest BCUT2D eigenvalue weighted by molar-refractivity contribution is 9.10. The number of ether oxygens (including phenoxy) is 1. The van der Waals surface area contributed by atoms with E-state index in [4.69, 9.17) is 22.1 Å². The van der Waals surface area contributed by atoms with Gasteiger partial charge in [-0.05, 0) is 47.9 Å². The van der Waals surface area contributed by atoms with Crippen LogP contribution in [-0.2, 0) is 6.42 Å². The van der Waals surface area contributed by atoms with Crippen molar-refractivity contribution < 1.29 is 9.13 Å². The molecule has 0 aromatic heterocycles. The van der Waals surface area contributed by atoms with Crippen LogP contribution in [0.5, 0.6) is 5.75 Å². The first kappa shape index (κ1) is 15.3. The topological polar surface area (TPSA) is 35.2 Å². The van der Waals surface area contributed by atoms with Crippen LogP contribution < -0.4 is 10.5 Å². The minimum Gasteiger partial charge on any atom is -0.494 e. The Morgan fingerprint density at radius 1 is 1.30 bits per heavy atom. The molecular weight excluding hydrogens is 345 g/mol. The number of benzene rings is 2. The lowest BCUT2D eigenvalue weighted by Gasteiger charge is -2.15. The molecule has 2 nitrogen and oxygen atoms in total. The largest absolute Gasteiger partial charge is 0.494 e. The fraction of sp³-hybridized carbons (Fsp3) is 0.200. The zero-order valence-electron chi connectivity index (χ0n) is 10.9. The van der Waals surface area contributed by atoms with Gasteiger partial charge in [0.2, 0.25) is 0 Å². The van der Waals surface area contributed by atoms with Crippen molar-refractivity contribution in [1.82, 2.24) is 0 Å². The molecule has 106 valence electrons. The fourth-order valence-electron chi connectivity index (χ4n) is 2.00. The molecule has 0 spiro atoms. The standard InChI is InChI=1S/C15H14BrClFNO/c1-20-15-5-2-9(6-13(15)18)7-14(19)11-8-10(17)3-4-12(11)16/h2-6,8,14H,7,19H2,1H3. The second kappa shape index (κ2) is 6.57. The Morgan fingerprint density at radius 2 is 2.05 bits per heavy atom. The lowest BCUT2D eigenvalue weighted by Crippen LogP contribution is -2.14.